The van der Waals surface area contributed by atoms with E-state index in [1.165, 1.54) is 23.4 Å². The Morgan fingerprint density at radius 1 is 1.50 bits per heavy atom. The van der Waals surface area contributed by atoms with Crippen molar-refractivity contribution >= 4 is 23.6 Å². The van der Waals surface area contributed by atoms with Crippen molar-refractivity contribution < 1.29 is 0 Å². The van der Waals surface area contributed by atoms with Gasteiger partial charge in [0.25, 0.3) is 0 Å². The Bertz CT molecular complexity index is 337. The van der Waals surface area contributed by atoms with Crippen molar-refractivity contribution in [2.45, 2.75) is 32.6 Å². The SMILES string of the molecule is CC1Cc2[nH]c(=S)sc2C(C)C1. The molecule has 0 aliphatic heterocycles. The highest BCUT2D eigenvalue weighted by Crippen LogP contribution is 2.36. The second-order valence-corrected chi connectivity index (χ2v) is 5.52. The van der Waals surface area contributed by atoms with Crippen LogP contribution in [0.3, 0.4) is 0 Å². The predicted molar refractivity (Wildman–Crippen MR) is 55.4 cm³/mol. The fourth-order valence-corrected chi connectivity index (χ4v) is 3.39. The van der Waals surface area contributed by atoms with E-state index in [-0.39, 0.29) is 0 Å². The molecule has 0 bridgehead atoms. The Kier molecular flexibility index (Phi) is 2.09. The molecular formula is C9H13NS2. The number of thiazole rings is 1. The summed E-state index contributed by atoms with van der Waals surface area (Å²) in [7, 11) is 0. The first kappa shape index (κ1) is 8.45. The molecule has 1 aromatic rings. The van der Waals surface area contributed by atoms with Crippen molar-refractivity contribution in [3.63, 3.8) is 0 Å². The molecule has 0 radical (unpaired) electrons. The first-order valence-electron chi connectivity index (χ1n) is 4.38. The first-order valence-corrected chi connectivity index (χ1v) is 5.61. The summed E-state index contributed by atoms with van der Waals surface area (Å²) in [6, 6.07) is 0. The van der Waals surface area contributed by atoms with Crippen molar-refractivity contribution in [3.05, 3.63) is 14.5 Å². The van der Waals surface area contributed by atoms with Gasteiger partial charge in [0, 0.05) is 10.6 Å². The topological polar surface area (TPSA) is 15.8 Å². The van der Waals surface area contributed by atoms with E-state index in [1.54, 1.807) is 11.3 Å². The van der Waals surface area contributed by atoms with E-state index in [9.17, 15) is 0 Å². The molecule has 0 spiro atoms. The van der Waals surface area contributed by atoms with Gasteiger partial charge < -0.3 is 4.98 Å². The summed E-state index contributed by atoms with van der Waals surface area (Å²) >= 11 is 6.89. The largest absolute Gasteiger partial charge is 0.341 e. The smallest absolute Gasteiger partial charge is 0.158 e. The minimum absolute atomic E-state index is 0.710. The number of nitrogens with one attached hydrogen (secondary N) is 1. The van der Waals surface area contributed by atoms with Crippen LogP contribution < -0.4 is 0 Å². The first-order chi connectivity index (χ1) is 5.66. The highest BCUT2D eigenvalue weighted by molar-refractivity contribution is 7.73. The highest BCUT2D eigenvalue weighted by atomic mass is 32.1. The molecule has 0 amide bonds. The van der Waals surface area contributed by atoms with Gasteiger partial charge in [0.2, 0.25) is 0 Å². The zero-order valence-electron chi connectivity index (χ0n) is 7.39. The van der Waals surface area contributed by atoms with Crippen molar-refractivity contribution in [2.24, 2.45) is 5.92 Å². The molecule has 2 unspecified atom stereocenters. The molecule has 2 rings (SSSR count). The zero-order valence-corrected chi connectivity index (χ0v) is 9.02. The summed E-state index contributed by atoms with van der Waals surface area (Å²) < 4.78 is 0.945. The van der Waals surface area contributed by atoms with Crippen LogP contribution in [0, 0.1) is 9.87 Å². The van der Waals surface area contributed by atoms with E-state index < -0.39 is 0 Å². The normalized spacial score (nSPS) is 28.5. The molecule has 0 saturated heterocycles. The maximum Gasteiger partial charge on any atom is 0.158 e. The number of aromatic amines is 1. The zero-order chi connectivity index (χ0) is 8.72. The second kappa shape index (κ2) is 2.96. The Hall–Kier alpha value is -0.150. The molecule has 1 aromatic heterocycles. The maximum atomic E-state index is 5.14. The van der Waals surface area contributed by atoms with Crippen LogP contribution in [0.25, 0.3) is 0 Å². The Morgan fingerprint density at radius 3 is 3.00 bits per heavy atom. The third-order valence-electron chi connectivity index (χ3n) is 2.51. The van der Waals surface area contributed by atoms with Crippen molar-refractivity contribution in [1.29, 1.82) is 0 Å². The van der Waals surface area contributed by atoms with Crippen molar-refractivity contribution in [2.75, 3.05) is 0 Å². The van der Waals surface area contributed by atoms with E-state index >= 15 is 0 Å². The molecule has 0 fully saturated rings. The molecule has 1 aliphatic rings. The number of H-pyrrole nitrogens is 1. The Morgan fingerprint density at radius 2 is 2.25 bits per heavy atom. The number of aromatic nitrogens is 1. The quantitative estimate of drug-likeness (QED) is 0.632. The van der Waals surface area contributed by atoms with Gasteiger partial charge in [-0.2, -0.15) is 0 Å². The third-order valence-corrected chi connectivity index (χ3v) is 4.02. The molecule has 2 atom stereocenters. The summed E-state index contributed by atoms with van der Waals surface area (Å²) in [6.07, 6.45) is 2.50. The fraction of sp³-hybridized carbons (Fsp3) is 0.667. The lowest BCUT2D eigenvalue weighted by atomic mass is 9.86. The van der Waals surface area contributed by atoms with E-state index in [4.69, 9.17) is 12.2 Å². The molecule has 0 saturated carbocycles. The van der Waals surface area contributed by atoms with Gasteiger partial charge in [-0.15, -0.1) is 11.3 Å². The number of fused-ring (bicyclic) bond motifs is 1. The monoisotopic (exact) mass is 199 g/mol. The van der Waals surface area contributed by atoms with Gasteiger partial charge in [0.1, 0.15) is 0 Å². The van der Waals surface area contributed by atoms with Gasteiger partial charge in [0.15, 0.2) is 3.95 Å². The minimum Gasteiger partial charge on any atom is -0.341 e. The molecule has 1 heterocycles. The van der Waals surface area contributed by atoms with E-state index in [0.29, 0.717) is 5.92 Å². The highest BCUT2D eigenvalue weighted by Gasteiger charge is 2.23. The Balaban J connectivity index is 2.46. The van der Waals surface area contributed by atoms with Crippen LogP contribution in [0.2, 0.25) is 0 Å². The molecule has 66 valence electrons. The lowest BCUT2D eigenvalue weighted by Gasteiger charge is -2.22. The van der Waals surface area contributed by atoms with Crippen molar-refractivity contribution in [1.82, 2.24) is 4.98 Å². The summed E-state index contributed by atoms with van der Waals surface area (Å²) in [5.74, 6) is 1.52. The summed E-state index contributed by atoms with van der Waals surface area (Å²) in [6.45, 7) is 4.61. The molecular weight excluding hydrogens is 186 g/mol. The van der Waals surface area contributed by atoms with Crippen LogP contribution in [-0.4, -0.2) is 4.98 Å². The number of hydrogen-bond acceptors (Lipinski definition) is 2. The van der Waals surface area contributed by atoms with Crippen LogP contribution in [0.1, 0.15) is 36.8 Å². The van der Waals surface area contributed by atoms with Gasteiger partial charge in [-0.25, -0.2) is 0 Å². The van der Waals surface area contributed by atoms with E-state index in [1.807, 2.05) is 0 Å². The molecule has 12 heavy (non-hydrogen) atoms. The van der Waals surface area contributed by atoms with E-state index in [0.717, 1.165) is 9.87 Å². The van der Waals surface area contributed by atoms with Gasteiger partial charge in [-0.05, 0) is 36.9 Å². The standard InChI is InChI=1S/C9H13NS2/c1-5-3-6(2)8-7(4-5)10-9(11)12-8/h5-6H,3-4H2,1-2H3,(H,10,11). The van der Waals surface area contributed by atoms with Crippen LogP contribution >= 0.6 is 23.6 Å². The van der Waals surface area contributed by atoms with Crippen LogP contribution in [0.15, 0.2) is 0 Å². The van der Waals surface area contributed by atoms with Crippen LogP contribution in [-0.2, 0) is 6.42 Å². The molecule has 0 aromatic carbocycles. The molecule has 3 heteroatoms. The average molecular weight is 199 g/mol. The van der Waals surface area contributed by atoms with Gasteiger partial charge >= 0.3 is 0 Å². The van der Waals surface area contributed by atoms with E-state index in [2.05, 4.69) is 18.8 Å². The van der Waals surface area contributed by atoms with Crippen LogP contribution in [0.5, 0.6) is 0 Å². The third kappa shape index (κ3) is 1.36. The van der Waals surface area contributed by atoms with Gasteiger partial charge in [0.05, 0.1) is 0 Å². The minimum atomic E-state index is 0.710. The average Bonchev–Trinajstić information content (AvgIpc) is 2.29. The van der Waals surface area contributed by atoms with Gasteiger partial charge in [-0.3, -0.25) is 0 Å². The summed E-state index contributed by atoms with van der Waals surface area (Å²) in [5.41, 5.74) is 1.40. The molecule has 1 N–H and O–H groups in total. The molecule has 1 nitrogen and oxygen atoms in total. The lowest BCUT2D eigenvalue weighted by molar-refractivity contribution is 0.450. The lowest BCUT2D eigenvalue weighted by Crippen LogP contribution is -2.12. The Labute approximate surface area is 81.8 Å². The van der Waals surface area contributed by atoms with Crippen molar-refractivity contribution in [3.8, 4) is 0 Å². The summed E-state index contributed by atoms with van der Waals surface area (Å²) in [4.78, 5) is 4.79. The number of rotatable bonds is 0. The second-order valence-electron chi connectivity index (χ2n) is 3.80. The van der Waals surface area contributed by atoms with Crippen LogP contribution in [0.4, 0.5) is 0 Å². The maximum absolute atomic E-state index is 5.14. The summed E-state index contributed by atoms with van der Waals surface area (Å²) in [5, 5.41) is 0. The predicted octanol–water partition coefficient (Wildman–Crippen LogP) is 3.49. The van der Waals surface area contributed by atoms with Gasteiger partial charge in [-0.1, -0.05) is 13.8 Å². The molecule has 1 aliphatic carbocycles. The fourth-order valence-electron chi connectivity index (χ4n) is 2.06. The number of hydrogen-bond donors (Lipinski definition) is 1.